The van der Waals surface area contributed by atoms with Gasteiger partial charge in [-0.1, -0.05) is 36.4 Å². The second kappa shape index (κ2) is 6.72. The van der Waals surface area contributed by atoms with E-state index in [0.717, 1.165) is 5.56 Å². The molecule has 3 N–H and O–H groups in total. The zero-order valence-electron chi connectivity index (χ0n) is 12.2. The molecule has 0 aromatic heterocycles. The first-order valence-electron chi connectivity index (χ1n) is 6.83. The van der Waals surface area contributed by atoms with E-state index in [1.807, 2.05) is 30.3 Å². The maximum atomic E-state index is 12.2. The summed E-state index contributed by atoms with van der Waals surface area (Å²) in [6.07, 6.45) is 0.709. The highest BCUT2D eigenvalue weighted by atomic mass is 32.2. The Morgan fingerprint density at radius 1 is 1.14 bits per heavy atom. The van der Waals surface area contributed by atoms with Crippen LogP contribution in [0, 0.1) is 6.92 Å². The fourth-order valence-electron chi connectivity index (χ4n) is 2.08. The van der Waals surface area contributed by atoms with Crippen LogP contribution >= 0.6 is 0 Å². The average Bonchev–Trinajstić information content (AvgIpc) is 2.47. The third kappa shape index (κ3) is 4.16. The molecular formula is C16H18N2O3S. The lowest BCUT2D eigenvalue weighted by Gasteiger charge is -2.09. The molecule has 0 saturated heterocycles. The summed E-state index contributed by atoms with van der Waals surface area (Å²) in [5, 5.41) is 7.88. The highest BCUT2D eigenvalue weighted by Gasteiger charge is 2.14. The van der Waals surface area contributed by atoms with Gasteiger partial charge in [-0.15, -0.1) is 0 Å². The number of carbonyl (C=O) groups is 1. The maximum Gasteiger partial charge on any atom is 0.251 e. The van der Waals surface area contributed by atoms with E-state index >= 15 is 0 Å². The summed E-state index contributed by atoms with van der Waals surface area (Å²) in [6, 6.07) is 14.1. The summed E-state index contributed by atoms with van der Waals surface area (Å²) in [4.78, 5) is 12.1. The summed E-state index contributed by atoms with van der Waals surface area (Å²) in [7, 11) is -3.82. The molecule has 0 aliphatic rings. The van der Waals surface area contributed by atoms with Crippen molar-refractivity contribution in [1.82, 2.24) is 5.32 Å². The first-order chi connectivity index (χ1) is 10.4. The number of amides is 1. The van der Waals surface area contributed by atoms with Crippen LogP contribution in [0.4, 0.5) is 0 Å². The molecule has 0 atom stereocenters. The first kappa shape index (κ1) is 16.2. The predicted molar refractivity (Wildman–Crippen MR) is 85.0 cm³/mol. The van der Waals surface area contributed by atoms with Crippen LogP contribution in [-0.2, 0) is 16.4 Å². The standard InChI is InChI=1S/C16H18N2O3S/c1-12-7-8-14(22(17,20)21)11-15(12)16(19)18-10-9-13-5-3-2-4-6-13/h2-8,11H,9-10H2,1H3,(H,18,19)(H2,17,20,21). The minimum atomic E-state index is -3.82. The number of aryl methyl sites for hydroxylation is 1. The Bertz CT molecular complexity index is 771. The summed E-state index contributed by atoms with van der Waals surface area (Å²) < 4.78 is 22.7. The number of sulfonamides is 1. The lowest BCUT2D eigenvalue weighted by molar-refractivity contribution is 0.0953. The summed E-state index contributed by atoms with van der Waals surface area (Å²) in [6.45, 7) is 2.22. The van der Waals surface area contributed by atoms with Crippen molar-refractivity contribution in [2.75, 3.05) is 6.54 Å². The van der Waals surface area contributed by atoms with E-state index in [1.54, 1.807) is 13.0 Å². The number of nitrogens with one attached hydrogen (secondary N) is 1. The van der Waals surface area contributed by atoms with Crippen molar-refractivity contribution in [3.63, 3.8) is 0 Å². The molecule has 0 heterocycles. The number of nitrogens with two attached hydrogens (primary N) is 1. The van der Waals surface area contributed by atoms with E-state index in [-0.39, 0.29) is 10.8 Å². The molecule has 0 saturated carbocycles. The average molecular weight is 318 g/mol. The summed E-state index contributed by atoms with van der Waals surface area (Å²) in [5.74, 6) is -0.307. The van der Waals surface area contributed by atoms with E-state index in [1.165, 1.54) is 12.1 Å². The zero-order chi connectivity index (χ0) is 16.2. The SMILES string of the molecule is Cc1ccc(S(N)(=O)=O)cc1C(=O)NCCc1ccccc1. The lowest BCUT2D eigenvalue weighted by Crippen LogP contribution is -2.26. The van der Waals surface area contributed by atoms with Gasteiger partial charge in [0.2, 0.25) is 10.0 Å². The number of hydrogen-bond acceptors (Lipinski definition) is 3. The molecule has 0 aliphatic carbocycles. The Labute approximate surface area is 130 Å². The molecule has 2 rings (SSSR count). The van der Waals surface area contributed by atoms with Gasteiger partial charge in [0, 0.05) is 12.1 Å². The molecule has 0 fully saturated rings. The molecule has 2 aromatic carbocycles. The minimum absolute atomic E-state index is 0.0636. The molecule has 6 heteroatoms. The second-order valence-electron chi connectivity index (χ2n) is 5.01. The monoisotopic (exact) mass is 318 g/mol. The quantitative estimate of drug-likeness (QED) is 0.878. The van der Waals surface area contributed by atoms with Crippen LogP contribution < -0.4 is 10.5 Å². The van der Waals surface area contributed by atoms with Crippen molar-refractivity contribution >= 4 is 15.9 Å². The molecule has 0 aliphatic heterocycles. The normalized spacial score (nSPS) is 11.2. The van der Waals surface area contributed by atoms with Gasteiger partial charge in [0.25, 0.3) is 5.91 Å². The van der Waals surface area contributed by atoms with Crippen LogP contribution in [0.1, 0.15) is 21.5 Å². The van der Waals surface area contributed by atoms with Crippen LogP contribution in [0.3, 0.4) is 0 Å². The molecule has 116 valence electrons. The fourth-order valence-corrected chi connectivity index (χ4v) is 2.62. The Hall–Kier alpha value is -2.18. The van der Waals surface area contributed by atoms with E-state index in [4.69, 9.17) is 5.14 Å². The zero-order valence-corrected chi connectivity index (χ0v) is 13.1. The number of primary sulfonamides is 1. The van der Waals surface area contributed by atoms with Gasteiger partial charge in [0.15, 0.2) is 0 Å². The Balaban J connectivity index is 2.06. The smallest absolute Gasteiger partial charge is 0.251 e. The van der Waals surface area contributed by atoms with Gasteiger partial charge >= 0.3 is 0 Å². The Morgan fingerprint density at radius 3 is 2.45 bits per heavy atom. The maximum absolute atomic E-state index is 12.2. The van der Waals surface area contributed by atoms with Gasteiger partial charge in [-0.25, -0.2) is 13.6 Å². The van der Waals surface area contributed by atoms with Gasteiger partial charge in [-0.05, 0) is 36.6 Å². The third-order valence-corrected chi connectivity index (χ3v) is 4.24. The van der Waals surface area contributed by atoms with Gasteiger partial charge < -0.3 is 5.32 Å². The molecule has 22 heavy (non-hydrogen) atoms. The van der Waals surface area contributed by atoms with Crippen molar-refractivity contribution < 1.29 is 13.2 Å². The van der Waals surface area contributed by atoms with Crippen molar-refractivity contribution in [3.05, 3.63) is 65.2 Å². The van der Waals surface area contributed by atoms with Gasteiger partial charge in [-0.3, -0.25) is 4.79 Å². The van der Waals surface area contributed by atoms with Gasteiger partial charge in [0.05, 0.1) is 4.90 Å². The molecule has 2 aromatic rings. The Morgan fingerprint density at radius 2 is 1.82 bits per heavy atom. The number of carbonyl (C=O) groups excluding carboxylic acids is 1. The minimum Gasteiger partial charge on any atom is -0.352 e. The van der Waals surface area contributed by atoms with E-state index in [0.29, 0.717) is 24.1 Å². The lowest BCUT2D eigenvalue weighted by atomic mass is 10.1. The number of hydrogen-bond donors (Lipinski definition) is 2. The van der Waals surface area contributed by atoms with Crippen LogP contribution in [0.25, 0.3) is 0 Å². The topological polar surface area (TPSA) is 89.3 Å². The van der Waals surface area contributed by atoms with Crippen molar-refractivity contribution in [2.45, 2.75) is 18.2 Å². The molecular weight excluding hydrogens is 300 g/mol. The summed E-state index contributed by atoms with van der Waals surface area (Å²) >= 11 is 0. The van der Waals surface area contributed by atoms with Crippen LogP contribution in [-0.4, -0.2) is 20.9 Å². The Kier molecular flexibility index (Phi) is 4.95. The summed E-state index contributed by atoms with van der Waals surface area (Å²) in [5.41, 5.74) is 2.14. The van der Waals surface area contributed by atoms with Crippen LogP contribution in [0.15, 0.2) is 53.4 Å². The van der Waals surface area contributed by atoms with Crippen LogP contribution in [0.2, 0.25) is 0 Å². The molecule has 5 nitrogen and oxygen atoms in total. The number of benzene rings is 2. The molecule has 0 spiro atoms. The first-order valence-corrected chi connectivity index (χ1v) is 8.38. The van der Waals surface area contributed by atoms with Crippen LogP contribution in [0.5, 0.6) is 0 Å². The van der Waals surface area contributed by atoms with Crippen molar-refractivity contribution in [1.29, 1.82) is 0 Å². The van der Waals surface area contributed by atoms with Crippen molar-refractivity contribution in [3.8, 4) is 0 Å². The molecule has 0 radical (unpaired) electrons. The highest BCUT2D eigenvalue weighted by molar-refractivity contribution is 7.89. The second-order valence-corrected chi connectivity index (χ2v) is 6.57. The van der Waals surface area contributed by atoms with E-state index in [2.05, 4.69) is 5.32 Å². The van der Waals surface area contributed by atoms with Crippen molar-refractivity contribution in [2.24, 2.45) is 5.14 Å². The number of rotatable bonds is 5. The fraction of sp³-hybridized carbons (Fsp3) is 0.188. The highest BCUT2D eigenvalue weighted by Crippen LogP contribution is 2.14. The molecule has 1 amide bonds. The molecule has 0 bridgehead atoms. The van der Waals surface area contributed by atoms with E-state index < -0.39 is 10.0 Å². The molecule has 0 unspecified atom stereocenters. The van der Waals surface area contributed by atoms with Gasteiger partial charge in [0.1, 0.15) is 0 Å². The predicted octanol–water partition coefficient (Wildman–Crippen LogP) is 1.61. The largest absolute Gasteiger partial charge is 0.352 e. The van der Waals surface area contributed by atoms with E-state index in [9.17, 15) is 13.2 Å². The third-order valence-electron chi connectivity index (χ3n) is 3.32. The van der Waals surface area contributed by atoms with Gasteiger partial charge in [-0.2, -0.15) is 0 Å².